The molecule has 0 saturated carbocycles. The van der Waals surface area contributed by atoms with Gasteiger partial charge in [-0.05, 0) is 12.1 Å². The lowest BCUT2D eigenvalue weighted by Gasteiger charge is -2.27. The number of ether oxygens (including phenoxy) is 1. The van der Waals surface area contributed by atoms with E-state index in [2.05, 4.69) is 40.8 Å². The topological polar surface area (TPSA) is 143 Å². The molecule has 4 rings (SSSR count). The zero-order valence-corrected chi connectivity index (χ0v) is 16.8. The highest BCUT2D eigenvalue weighted by molar-refractivity contribution is 6.16. The molecule has 1 unspecified atom stereocenters. The number of nitrogens with one attached hydrogen (secondary N) is 1. The molecule has 2 aromatic heterocycles. The Hall–Kier alpha value is -2.49. The molecular weight excluding hydrogens is 410 g/mol. The third-order valence-electron chi connectivity index (χ3n) is 4.62. The third-order valence-corrected chi connectivity index (χ3v) is 5.49. The fourth-order valence-corrected chi connectivity index (χ4v) is 3.76. The lowest BCUT2D eigenvalue weighted by atomic mass is 10.1. The standard InChI is InChI=1S/C17H15N5O5Si2/c23-11-10(15(25)28)27-16(17(11,26)29)22-7-20-9-12(18-6-19-13(9)22)21-14(24)8-4-2-1-3-5-8/h1-7,10-11,15-16,23,25-26H,(H,18,19,21,24)/t10-,11+,15?,16+,17-/m0/s1. The number of aromatic nitrogens is 4. The van der Waals surface area contributed by atoms with Crippen molar-refractivity contribution in [3.8, 4) is 0 Å². The van der Waals surface area contributed by atoms with Crippen LogP contribution in [0.5, 0.6) is 0 Å². The Morgan fingerprint density at radius 2 is 2.00 bits per heavy atom. The Balaban J connectivity index is 1.69. The molecule has 10 nitrogen and oxygen atoms in total. The van der Waals surface area contributed by atoms with E-state index in [1.807, 2.05) is 0 Å². The summed E-state index contributed by atoms with van der Waals surface area (Å²) in [4.78, 5) is 24.9. The highest BCUT2D eigenvalue weighted by Crippen LogP contribution is 2.38. The van der Waals surface area contributed by atoms with Gasteiger partial charge in [-0.3, -0.25) is 9.36 Å². The number of imidazole rings is 1. The number of nitrogens with zero attached hydrogens (tertiary/aromatic N) is 4. The molecule has 4 N–H and O–H groups in total. The van der Waals surface area contributed by atoms with Crippen molar-refractivity contribution in [3.05, 3.63) is 48.5 Å². The molecule has 6 radical (unpaired) electrons. The molecule has 5 atom stereocenters. The first-order chi connectivity index (χ1) is 13.8. The molecule has 0 bridgehead atoms. The highest BCUT2D eigenvalue weighted by atomic mass is 28.1. The van der Waals surface area contributed by atoms with Crippen LogP contribution in [0.1, 0.15) is 16.6 Å². The summed E-state index contributed by atoms with van der Waals surface area (Å²) in [5.74, 6) is -0.193. The van der Waals surface area contributed by atoms with Gasteiger partial charge in [-0.25, -0.2) is 15.0 Å². The molecule has 1 aliphatic rings. The smallest absolute Gasteiger partial charge is 0.256 e. The zero-order chi connectivity index (χ0) is 20.8. The maximum absolute atomic E-state index is 12.4. The number of hydrogen-bond acceptors (Lipinski definition) is 8. The van der Waals surface area contributed by atoms with Crippen LogP contribution in [-0.2, 0) is 4.74 Å². The van der Waals surface area contributed by atoms with E-state index in [0.29, 0.717) is 5.56 Å². The number of fused-ring (bicyclic) bond motifs is 1. The van der Waals surface area contributed by atoms with E-state index in [0.717, 1.165) is 0 Å². The minimum absolute atomic E-state index is 0.176. The summed E-state index contributed by atoms with van der Waals surface area (Å²) in [6, 6.07) is 8.61. The van der Waals surface area contributed by atoms with Gasteiger partial charge in [0.05, 0.1) is 32.5 Å². The van der Waals surface area contributed by atoms with Crippen molar-refractivity contribution in [3.63, 3.8) is 0 Å². The van der Waals surface area contributed by atoms with Crippen molar-refractivity contribution >= 4 is 43.4 Å². The summed E-state index contributed by atoms with van der Waals surface area (Å²) in [5.41, 5.74) is -0.256. The fourth-order valence-electron chi connectivity index (χ4n) is 3.13. The Morgan fingerprint density at radius 3 is 2.66 bits per heavy atom. The van der Waals surface area contributed by atoms with Gasteiger partial charge in [-0.2, -0.15) is 0 Å². The lowest BCUT2D eigenvalue weighted by Crippen LogP contribution is -2.49. The Labute approximate surface area is 171 Å². The predicted molar refractivity (Wildman–Crippen MR) is 102 cm³/mol. The van der Waals surface area contributed by atoms with Crippen LogP contribution in [0.15, 0.2) is 43.0 Å². The molecule has 1 amide bonds. The van der Waals surface area contributed by atoms with Crippen LogP contribution < -0.4 is 5.32 Å². The monoisotopic (exact) mass is 425 g/mol. The average molecular weight is 426 g/mol. The van der Waals surface area contributed by atoms with E-state index in [9.17, 15) is 20.1 Å². The van der Waals surface area contributed by atoms with E-state index in [4.69, 9.17) is 4.74 Å². The molecule has 3 heterocycles. The maximum atomic E-state index is 12.4. The number of rotatable bonds is 4. The van der Waals surface area contributed by atoms with Gasteiger partial charge in [0.15, 0.2) is 23.2 Å². The van der Waals surface area contributed by atoms with Crippen LogP contribution >= 0.6 is 0 Å². The van der Waals surface area contributed by atoms with Crippen molar-refractivity contribution in [1.82, 2.24) is 19.5 Å². The average Bonchev–Trinajstić information content (AvgIpc) is 3.22. The Morgan fingerprint density at radius 1 is 1.28 bits per heavy atom. The molecular formula is C17H15N5O5Si2. The molecule has 1 saturated heterocycles. The minimum Gasteiger partial charge on any atom is -0.395 e. The van der Waals surface area contributed by atoms with Crippen molar-refractivity contribution in [2.45, 2.75) is 29.4 Å². The van der Waals surface area contributed by atoms with Crippen molar-refractivity contribution < 1.29 is 24.9 Å². The Bertz CT molecular complexity index is 1050. The van der Waals surface area contributed by atoms with E-state index in [1.54, 1.807) is 30.3 Å². The summed E-state index contributed by atoms with van der Waals surface area (Å²) < 4.78 is 7.00. The van der Waals surface area contributed by atoms with Crippen LogP contribution in [0.25, 0.3) is 11.2 Å². The van der Waals surface area contributed by atoms with Crippen molar-refractivity contribution in [1.29, 1.82) is 0 Å². The minimum atomic E-state index is -1.93. The van der Waals surface area contributed by atoms with E-state index in [-0.39, 0.29) is 22.9 Å². The first kappa shape index (κ1) is 19.8. The number of anilines is 1. The van der Waals surface area contributed by atoms with Crippen molar-refractivity contribution in [2.75, 3.05) is 5.32 Å². The normalized spacial score (nSPS) is 27.8. The fraction of sp³-hybridized carbons (Fsp3) is 0.294. The van der Waals surface area contributed by atoms with Gasteiger partial charge in [0.1, 0.15) is 23.8 Å². The van der Waals surface area contributed by atoms with Crippen LogP contribution in [0.3, 0.4) is 0 Å². The molecule has 1 fully saturated rings. The molecule has 0 spiro atoms. The second-order valence-corrected chi connectivity index (χ2v) is 7.93. The lowest BCUT2D eigenvalue weighted by molar-refractivity contribution is -0.0681. The molecule has 3 aromatic rings. The van der Waals surface area contributed by atoms with Gasteiger partial charge in [0, 0.05) is 5.56 Å². The first-order valence-electron chi connectivity index (χ1n) is 8.54. The van der Waals surface area contributed by atoms with Gasteiger partial charge in [0.25, 0.3) is 5.91 Å². The van der Waals surface area contributed by atoms with Gasteiger partial charge >= 0.3 is 0 Å². The number of aliphatic hydroxyl groups is 3. The molecule has 146 valence electrons. The van der Waals surface area contributed by atoms with Crippen LogP contribution in [-0.4, -0.2) is 84.4 Å². The number of carbonyl (C=O) groups excluding carboxylic acids is 1. The molecule has 29 heavy (non-hydrogen) atoms. The van der Waals surface area contributed by atoms with Gasteiger partial charge in [0.2, 0.25) is 0 Å². The first-order valence-corrected chi connectivity index (χ1v) is 9.62. The van der Waals surface area contributed by atoms with E-state index < -0.39 is 29.4 Å². The summed E-state index contributed by atoms with van der Waals surface area (Å²) in [6.07, 6.45) is -1.16. The van der Waals surface area contributed by atoms with Gasteiger partial charge in [-0.15, -0.1) is 0 Å². The molecule has 12 heteroatoms. The predicted octanol–water partition coefficient (Wildman–Crippen LogP) is -1.32. The van der Waals surface area contributed by atoms with Crippen LogP contribution in [0, 0.1) is 0 Å². The number of hydrogen-bond donors (Lipinski definition) is 4. The molecule has 1 aromatic carbocycles. The summed E-state index contributed by atoms with van der Waals surface area (Å²) in [7, 11) is 6.12. The number of benzene rings is 1. The summed E-state index contributed by atoms with van der Waals surface area (Å²) >= 11 is 0. The van der Waals surface area contributed by atoms with Gasteiger partial charge < -0.3 is 25.4 Å². The SMILES string of the molecule is O=C(Nc1ncnc2c1ncn2[C@@H]1O[C@H](C(O)[Si])[C@@H](O)[C@]1(O)[Si])c1ccccc1. The second-order valence-electron chi connectivity index (χ2n) is 6.53. The van der Waals surface area contributed by atoms with Gasteiger partial charge in [-0.1, -0.05) is 18.2 Å². The summed E-state index contributed by atoms with van der Waals surface area (Å²) in [6.45, 7) is 0. The van der Waals surface area contributed by atoms with Crippen LogP contribution in [0.4, 0.5) is 5.82 Å². The zero-order valence-electron chi connectivity index (χ0n) is 14.8. The largest absolute Gasteiger partial charge is 0.395 e. The third kappa shape index (κ3) is 3.39. The second kappa shape index (κ2) is 7.40. The number of carbonyl (C=O) groups is 1. The number of aliphatic hydroxyl groups excluding tert-OH is 2. The highest BCUT2D eigenvalue weighted by Gasteiger charge is 2.54. The van der Waals surface area contributed by atoms with Crippen molar-refractivity contribution in [2.24, 2.45) is 0 Å². The number of amides is 1. The molecule has 0 aliphatic carbocycles. The van der Waals surface area contributed by atoms with Crippen LogP contribution in [0.2, 0.25) is 0 Å². The van der Waals surface area contributed by atoms with E-state index >= 15 is 0 Å². The molecule has 1 aliphatic heterocycles. The Kier molecular flexibility index (Phi) is 5.06. The quantitative estimate of drug-likeness (QED) is 0.377. The summed E-state index contributed by atoms with van der Waals surface area (Å²) in [5, 5.41) is 31.5. The maximum Gasteiger partial charge on any atom is 0.256 e. The van der Waals surface area contributed by atoms with E-state index in [1.165, 1.54) is 17.2 Å².